The summed E-state index contributed by atoms with van der Waals surface area (Å²) in [5, 5.41) is 0. The molecule has 0 radical (unpaired) electrons. The van der Waals surface area contributed by atoms with E-state index in [1.165, 1.54) is 12.0 Å². The van der Waals surface area contributed by atoms with Gasteiger partial charge in [0.1, 0.15) is 0 Å². The summed E-state index contributed by atoms with van der Waals surface area (Å²) in [5.41, 5.74) is 2.08. The Morgan fingerprint density at radius 1 is 0.952 bits per heavy atom. The van der Waals surface area contributed by atoms with Crippen LogP contribution >= 0.6 is 0 Å². The van der Waals surface area contributed by atoms with Gasteiger partial charge in [0.2, 0.25) is 5.91 Å². The number of amides is 1. The Morgan fingerprint density at radius 3 is 1.38 bits per heavy atom. The van der Waals surface area contributed by atoms with E-state index in [4.69, 9.17) is 4.74 Å². The fourth-order valence-corrected chi connectivity index (χ4v) is 0.802. The second-order valence-electron chi connectivity index (χ2n) is 4.64. The molecule has 0 heterocycles. The zero-order valence-corrected chi connectivity index (χ0v) is 14.4. The molecular weight excluding hydrogens is 270 g/mol. The van der Waals surface area contributed by atoms with Crippen LogP contribution < -0.4 is 0 Å². The first-order valence-corrected chi connectivity index (χ1v) is 6.25. The predicted molar refractivity (Wildman–Crippen MR) is 87.0 cm³/mol. The van der Waals surface area contributed by atoms with Crippen LogP contribution in [-0.2, 0) is 19.1 Å². The highest BCUT2D eigenvalue weighted by atomic mass is 16.5. The number of carbonyl (C=O) groups is 2. The number of hydrogen-bond donors (Lipinski definition) is 0. The van der Waals surface area contributed by atoms with Crippen molar-refractivity contribution < 1.29 is 19.1 Å². The molecule has 0 aliphatic carbocycles. The summed E-state index contributed by atoms with van der Waals surface area (Å²) in [6.45, 7) is 16.4. The van der Waals surface area contributed by atoms with Gasteiger partial charge in [-0.05, 0) is 20.8 Å². The lowest BCUT2D eigenvalue weighted by Crippen LogP contribution is -2.21. The number of rotatable bonds is 4. The fraction of sp³-hybridized carbons (Fsp3) is 0.500. The second-order valence-corrected chi connectivity index (χ2v) is 4.64. The van der Waals surface area contributed by atoms with Crippen molar-refractivity contribution in [2.45, 2.75) is 20.8 Å². The van der Waals surface area contributed by atoms with E-state index >= 15 is 0 Å². The monoisotopic (exact) mass is 299 g/mol. The Labute approximate surface area is 128 Å². The van der Waals surface area contributed by atoms with Crippen molar-refractivity contribution in [1.29, 1.82) is 0 Å². The van der Waals surface area contributed by atoms with Crippen molar-refractivity contribution in [2.24, 2.45) is 0 Å². The largest absolute Gasteiger partial charge is 0.466 e. The average molecular weight is 299 g/mol. The zero-order valence-electron chi connectivity index (χ0n) is 14.4. The van der Waals surface area contributed by atoms with E-state index in [9.17, 15) is 9.59 Å². The first kappa shape index (κ1) is 24.2. The molecular formula is C16H29NO4. The molecule has 0 spiro atoms. The molecule has 1 amide bonds. The molecule has 21 heavy (non-hydrogen) atoms. The quantitative estimate of drug-likeness (QED) is 0.455. The van der Waals surface area contributed by atoms with Gasteiger partial charge >= 0.3 is 5.97 Å². The summed E-state index contributed by atoms with van der Waals surface area (Å²) in [7, 11) is 6.40. The average Bonchev–Trinajstić information content (AvgIpc) is 2.37. The van der Waals surface area contributed by atoms with E-state index in [1.807, 2.05) is 6.92 Å². The zero-order chi connectivity index (χ0) is 17.6. The van der Waals surface area contributed by atoms with E-state index in [0.717, 1.165) is 5.57 Å². The number of likely N-dealkylation sites (N-methyl/N-ethyl adjacent to an activating group) is 1. The van der Waals surface area contributed by atoms with Gasteiger partial charge in [0.05, 0.1) is 13.7 Å². The van der Waals surface area contributed by atoms with Crippen molar-refractivity contribution in [3.05, 3.63) is 36.5 Å². The Balaban J connectivity index is -0.000000234. The van der Waals surface area contributed by atoms with Crippen molar-refractivity contribution >= 4 is 11.9 Å². The van der Waals surface area contributed by atoms with E-state index in [1.54, 1.807) is 35.1 Å². The Bertz CT molecular complexity index is 370. The van der Waals surface area contributed by atoms with E-state index in [0.29, 0.717) is 17.8 Å². The number of ether oxygens (including phenoxy) is 2. The minimum atomic E-state index is -0.347. The van der Waals surface area contributed by atoms with Crippen molar-refractivity contribution in [2.75, 3.05) is 34.9 Å². The van der Waals surface area contributed by atoms with E-state index < -0.39 is 0 Å². The first-order valence-electron chi connectivity index (χ1n) is 6.25. The molecule has 0 aliphatic rings. The molecule has 0 atom stereocenters. The van der Waals surface area contributed by atoms with Crippen LogP contribution in [0.25, 0.3) is 0 Å². The molecule has 0 aromatic heterocycles. The van der Waals surface area contributed by atoms with Crippen LogP contribution in [0.4, 0.5) is 0 Å². The molecule has 122 valence electrons. The van der Waals surface area contributed by atoms with Gasteiger partial charge in [-0.3, -0.25) is 4.79 Å². The number of esters is 1. The van der Waals surface area contributed by atoms with Gasteiger partial charge in [-0.2, -0.15) is 0 Å². The lowest BCUT2D eigenvalue weighted by Gasteiger charge is -2.07. The van der Waals surface area contributed by atoms with Gasteiger partial charge in [0, 0.05) is 32.4 Å². The number of nitrogens with zero attached hydrogens (tertiary/aromatic N) is 1. The number of hydrogen-bond acceptors (Lipinski definition) is 4. The molecule has 0 bridgehead atoms. The highest BCUT2D eigenvalue weighted by molar-refractivity contribution is 5.91. The highest BCUT2D eigenvalue weighted by Gasteiger charge is 2.01. The normalized spacial score (nSPS) is 8.14. The van der Waals surface area contributed by atoms with Crippen LogP contribution in [0.1, 0.15) is 20.8 Å². The van der Waals surface area contributed by atoms with Crippen LogP contribution in [0.3, 0.4) is 0 Å². The van der Waals surface area contributed by atoms with Crippen LogP contribution in [0.5, 0.6) is 0 Å². The molecule has 0 aliphatic heterocycles. The number of carbonyl (C=O) groups excluding carboxylic acids is 2. The molecule has 0 rings (SSSR count). The minimum absolute atomic E-state index is 0.00926. The maximum absolute atomic E-state index is 10.7. The highest BCUT2D eigenvalue weighted by Crippen LogP contribution is 1.90. The molecule has 0 N–H and O–H groups in total. The van der Waals surface area contributed by atoms with Crippen LogP contribution in [0.15, 0.2) is 36.5 Å². The third-order valence-electron chi connectivity index (χ3n) is 1.70. The molecule has 0 fully saturated rings. The van der Waals surface area contributed by atoms with E-state index in [2.05, 4.69) is 24.5 Å². The lowest BCUT2D eigenvalue weighted by atomic mass is 10.3. The SMILES string of the molecule is C=C(C)C(=O)N(C)C.C=C(C)C(=O)OC.C=C(C)COC. The molecule has 5 heteroatoms. The predicted octanol–water partition coefficient (Wildman–Crippen LogP) is 2.60. The van der Waals surface area contributed by atoms with Gasteiger partial charge in [-0.25, -0.2) is 4.79 Å². The molecule has 5 nitrogen and oxygen atoms in total. The molecule has 0 saturated heterocycles. The minimum Gasteiger partial charge on any atom is -0.466 e. The van der Waals surface area contributed by atoms with Gasteiger partial charge in [-0.1, -0.05) is 25.3 Å². The number of methoxy groups -OCH3 is 2. The fourth-order valence-electron chi connectivity index (χ4n) is 0.802. The van der Waals surface area contributed by atoms with Gasteiger partial charge in [-0.15, -0.1) is 0 Å². The summed E-state index contributed by atoms with van der Waals surface area (Å²) in [6.07, 6.45) is 0. The van der Waals surface area contributed by atoms with Crippen LogP contribution in [0, 0.1) is 0 Å². The van der Waals surface area contributed by atoms with Crippen LogP contribution in [0.2, 0.25) is 0 Å². The van der Waals surface area contributed by atoms with Gasteiger partial charge < -0.3 is 14.4 Å². The molecule has 0 aromatic carbocycles. The summed E-state index contributed by atoms with van der Waals surface area (Å²) in [6, 6.07) is 0. The third kappa shape index (κ3) is 20.6. The molecule has 0 saturated carbocycles. The summed E-state index contributed by atoms with van der Waals surface area (Å²) >= 11 is 0. The molecule has 0 unspecified atom stereocenters. The smallest absolute Gasteiger partial charge is 0.332 e. The Kier molecular flexibility index (Phi) is 16.7. The third-order valence-corrected chi connectivity index (χ3v) is 1.70. The Morgan fingerprint density at radius 2 is 1.38 bits per heavy atom. The van der Waals surface area contributed by atoms with Crippen molar-refractivity contribution in [3.8, 4) is 0 Å². The maximum Gasteiger partial charge on any atom is 0.332 e. The molecule has 0 aromatic rings. The summed E-state index contributed by atoms with van der Waals surface area (Å²) in [5.74, 6) is -0.356. The van der Waals surface area contributed by atoms with Gasteiger partial charge in [0.15, 0.2) is 0 Å². The first-order chi connectivity index (χ1) is 9.50. The van der Waals surface area contributed by atoms with E-state index in [-0.39, 0.29) is 11.9 Å². The Hall–Kier alpha value is -1.88. The van der Waals surface area contributed by atoms with Crippen molar-refractivity contribution in [3.63, 3.8) is 0 Å². The summed E-state index contributed by atoms with van der Waals surface area (Å²) < 4.78 is 8.98. The lowest BCUT2D eigenvalue weighted by molar-refractivity contribution is -0.136. The second kappa shape index (κ2) is 14.5. The van der Waals surface area contributed by atoms with Gasteiger partial charge in [0.25, 0.3) is 0 Å². The maximum atomic E-state index is 10.7. The van der Waals surface area contributed by atoms with Crippen molar-refractivity contribution in [1.82, 2.24) is 4.90 Å². The summed E-state index contributed by atoms with van der Waals surface area (Å²) in [4.78, 5) is 22.4. The standard InChI is InChI=1S/C6H11NO.C5H8O2.C5H10O/c1-5(2)6(8)7(3)4;1-4(2)5(6)7-3;1-5(2)4-6-3/h1H2,2-4H3;1H2,2-3H3;1,4H2,2-3H3. The topological polar surface area (TPSA) is 55.8 Å². The van der Waals surface area contributed by atoms with Crippen LogP contribution in [-0.4, -0.2) is 51.7 Å².